The molecule has 0 N–H and O–H groups in total. The summed E-state index contributed by atoms with van der Waals surface area (Å²) in [6.07, 6.45) is 1.73. The normalized spacial score (nSPS) is 14.0. The van der Waals surface area contributed by atoms with E-state index in [9.17, 15) is 9.59 Å². The first-order valence-electron chi connectivity index (χ1n) is 16.4. The number of aryl methyl sites for hydroxylation is 1. The van der Waals surface area contributed by atoms with Crippen molar-refractivity contribution in [3.8, 4) is 5.88 Å². The molecule has 0 spiro atoms. The van der Waals surface area contributed by atoms with Crippen LogP contribution in [-0.4, -0.2) is 20.7 Å². The van der Waals surface area contributed by atoms with E-state index in [1.807, 2.05) is 42.5 Å². The minimum atomic E-state index is -0.230. The highest BCUT2D eigenvalue weighted by atomic mass is 16.4. The number of aromatic nitrogens is 2. The van der Waals surface area contributed by atoms with Crippen LogP contribution in [0.15, 0.2) is 94.9 Å². The smallest absolute Gasteiger partial charge is 0.207 e. The number of Topliss-reactive ketones (excluding diaryl/α,β-unsaturated/α-hetero) is 2. The lowest BCUT2D eigenvalue weighted by Crippen LogP contribution is -2.10. The van der Waals surface area contributed by atoms with E-state index in [0.29, 0.717) is 23.3 Å². The van der Waals surface area contributed by atoms with E-state index in [0.717, 1.165) is 38.9 Å². The molecule has 3 aromatic heterocycles. The lowest BCUT2D eigenvalue weighted by molar-refractivity contribution is 0.0990. The fraction of sp³-hybridized carbons (Fsp3) is 0.238. The summed E-state index contributed by atoms with van der Waals surface area (Å²) in [6, 6.07) is 29.0. The van der Waals surface area contributed by atoms with Gasteiger partial charge in [-0.3, -0.25) is 14.2 Å². The Hall–Kier alpha value is -5.16. The molecule has 3 heterocycles. The average molecular weight is 619 g/mol. The molecule has 0 saturated carbocycles. The highest BCUT2D eigenvalue weighted by molar-refractivity contribution is 6.42. The maximum Gasteiger partial charge on any atom is 0.207 e. The number of nitrogens with zero attached hydrogens (tertiary/aromatic N) is 2. The third-order valence-electron chi connectivity index (χ3n) is 9.80. The number of ketones is 2. The molecular weight excluding hydrogens is 580 g/mol. The van der Waals surface area contributed by atoms with Crippen molar-refractivity contribution < 1.29 is 14.0 Å². The van der Waals surface area contributed by atoms with Crippen LogP contribution < -0.4 is 0 Å². The lowest BCUT2D eigenvalue weighted by Gasteiger charge is -2.19. The second-order valence-corrected chi connectivity index (χ2v) is 14.9. The van der Waals surface area contributed by atoms with Crippen molar-refractivity contribution in [3.63, 3.8) is 0 Å². The van der Waals surface area contributed by atoms with Crippen LogP contribution in [0.4, 0.5) is 0 Å². The largest absolute Gasteiger partial charge is 0.438 e. The Morgan fingerprint density at radius 3 is 1.68 bits per heavy atom. The van der Waals surface area contributed by atoms with E-state index < -0.39 is 0 Å². The van der Waals surface area contributed by atoms with Crippen LogP contribution in [0.2, 0.25) is 0 Å². The topological polar surface area (TPSA) is 57.1 Å². The zero-order valence-corrected chi connectivity index (χ0v) is 28.0. The molecule has 5 nitrogen and oxygen atoms in total. The summed E-state index contributed by atoms with van der Waals surface area (Å²) in [4.78, 5) is 27.0. The van der Waals surface area contributed by atoms with Crippen molar-refractivity contribution in [2.75, 3.05) is 0 Å². The predicted octanol–water partition coefficient (Wildman–Crippen LogP) is 10.6. The van der Waals surface area contributed by atoms with Crippen molar-refractivity contribution in [2.45, 2.75) is 65.8 Å². The first-order chi connectivity index (χ1) is 22.3. The summed E-state index contributed by atoms with van der Waals surface area (Å²) in [5.74, 6) is 0.272. The monoisotopic (exact) mass is 618 g/mol. The van der Waals surface area contributed by atoms with E-state index in [-0.39, 0.29) is 28.0 Å². The highest BCUT2D eigenvalue weighted by Gasteiger charge is 2.34. The Bertz CT molecular complexity index is 2370. The van der Waals surface area contributed by atoms with Gasteiger partial charge in [0.05, 0.1) is 22.1 Å². The van der Waals surface area contributed by atoms with Crippen LogP contribution >= 0.6 is 0 Å². The zero-order valence-electron chi connectivity index (χ0n) is 28.0. The third-order valence-corrected chi connectivity index (χ3v) is 9.80. The van der Waals surface area contributed by atoms with E-state index in [4.69, 9.17) is 4.42 Å². The van der Waals surface area contributed by atoms with Crippen LogP contribution in [-0.2, 0) is 17.4 Å². The van der Waals surface area contributed by atoms with Gasteiger partial charge < -0.3 is 8.98 Å². The Balaban J connectivity index is 1.27. The number of benzene rings is 4. The van der Waals surface area contributed by atoms with E-state index in [1.54, 1.807) is 6.08 Å². The first-order valence-corrected chi connectivity index (χ1v) is 16.4. The molecule has 0 atom stereocenters. The van der Waals surface area contributed by atoms with Gasteiger partial charge in [-0.25, -0.2) is 0 Å². The number of allylic oxidation sites excluding steroid dienone is 1. The van der Waals surface area contributed by atoms with Crippen LogP contribution in [0, 0.1) is 0 Å². The molecule has 0 amide bonds. The van der Waals surface area contributed by atoms with Crippen LogP contribution in [0.5, 0.6) is 0 Å². The third kappa shape index (κ3) is 4.44. The standard InChI is InChI=1S/C42H38N2O3/c1-8-43-28(21-33-39(45)31-17-24-11-9-10-12-25(24)18-32(31)40(33)46)22-37-36(43)23-38(47-37)44-34-15-13-26(41(2,3)4)19-29(34)30-20-27(42(5,6)7)14-16-35(30)44/h9-23H,8H2,1-7H3. The van der Waals surface area contributed by atoms with Crippen LogP contribution in [0.3, 0.4) is 0 Å². The predicted molar refractivity (Wildman–Crippen MR) is 192 cm³/mol. The van der Waals surface area contributed by atoms with Gasteiger partial charge in [-0.1, -0.05) is 77.9 Å². The number of hydrogen-bond donors (Lipinski definition) is 0. The first kappa shape index (κ1) is 29.3. The lowest BCUT2D eigenvalue weighted by atomic mass is 9.85. The van der Waals surface area contributed by atoms with E-state index in [1.165, 1.54) is 21.9 Å². The Morgan fingerprint density at radius 1 is 0.660 bits per heavy atom. The maximum atomic E-state index is 13.5. The van der Waals surface area contributed by atoms with Gasteiger partial charge in [0.15, 0.2) is 17.1 Å². The number of fused-ring (bicyclic) bond motifs is 6. The fourth-order valence-corrected chi connectivity index (χ4v) is 7.11. The second kappa shape index (κ2) is 9.92. The molecule has 0 bridgehead atoms. The molecule has 0 aliphatic heterocycles. The Labute approximate surface area is 274 Å². The maximum absolute atomic E-state index is 13.5. The van der Waals surface area contributed by atoms with Crippen molar-refractivity contribution in [1.29, 1.82) is 0 Å². The molecule has 0 radical (unpaired) electrons. The van der Waals surface area contributed by atoms with Crippen LogP contribution in [0.25, 0.3) is 55.6 Å². The van der Waals surface area contributed by atoms with Crippen molar-refractivity contribution >= 4 is 61.3 Å². The van der Waals surface area contributed by atoms with Gasteiger partial charge in [-0.2, -0.15) is 0 Å². The van der Waals surface area contributed by atoms with Gasteiger partial charge in [0.1, 0.15) is 0 Å². The van der Waals surface area contributed by atoms with E-state index in [2.05, 4.69) is 100 Å². The van der Waals surface area contributed by atoms with Gasteiger partial charge in [0.2, 0.25) is 5.88 Å². The van der Waals surface area contributed by atoms with Gasteiger partial charge in [0, 0.05) is 46.3 Å². The summed E-state index contributed by atoms with van der Waals surface area (Å²) < 4.78 is 10.9. The van der Waals surface area contributed by atoms with Crippen molar-refractivity contribution in [2.24, 2.45) is 0 Å². The van der Waals surface area contributed by atoms with Crippen molar-refractivity contribution in [3.05, 3.63) is 118 Å². The summed E-state index contributed by atoms with van der Waals surface area (Å²) in [6.45, 7) is 16.2. The minimum absolute atomic E-state index is 0.0182. The molecule has 47 heavy (non-hydrogen) atoms. The van der Waals surface area contributed by atoms with Crippen LogP contribution in [0.1, 0.15) is 86.0 Å². The molecule has 8 rings (SSSR count). The molecular formula is C42H38N2O3. The number of carbonyl (C=O) groups excluding carboxylic acids is 2. The summed E-state index contributed by atoms with van der Waals surface area (Å²) >= 11 is 0. The van der Waals surface area contributed by atoms with Gasteiger partial charge >= 0.3 is 0 Å². The molecule has 4 aromatic carbocycles. The summed E-state index contributed by atoms with van der Waals surface area (Å²) in [7, 11) is 0. The Kier molecular flexibility index (Phi) is 6.17. The van der Waals surface area contributed by atoms with E-state index >= 15 is 0 Å². The summed E-state index contributed by atoms with van der Waals surface area (Å²) in [5.41, 5.74) is 8.33. The summed E-state index contributed by atoms with van der Waals surface area (Å²) in [5, 5.41) is 4.30. The molecule has 0 unspecified atom stereocenters. The Morgan fingerprint density at radius 2 is 1.19 bits per heavy atom. The molecule has 234 valence electrons. The molecule has 1 aliphatic carbocycles. The van der Waals surface area contributed by atoms with Gasteiger partial charge in [0.25, 0.3) is 0 Å². The number of carbonyl (C=O) groups is 2. The second-order valence-electron chi connectivity index (χ2n) is 14.9. The van der Waals surface area contributed by atoms with Crippen molar-refractivity contribution in [1.82, 2.24) is 9.13 Å². The van der Waals surface area contributed by atoms with Gasteiger partial charge in [-0.05, 0) is 82.1 Å². The number of furan rings is 1. The number of hydrogen-bond acceptors (Lipinski definition) is 3. The fourth-order valence-electron chi connectivity index (χ4n) is 7.11. The SMILES string of the molecule is CCn1c(C=C2C(=O)c3cc4ccccc4cc3C2=O)cc2oc(-n3c4ccc(C(C)(C)C)cc4c4cc(C(C)(C)C)ccc43)cc21. The average Bonchev–Trinajstić information content (AvgIpc) is 3.73. The molecule has 0 saturated heterocycles. The zero-order chi connectivity index (χ0) is 33.0. The minimum Gasteiger partial charge on any atom is -0.438 e. The molecule has 7 aromatic rings. The molecule has 5 heteroatoms. The molecule has 0 fully saturated rings. The number of rotatable bonds is 3. The quantitative estimate of drug-likeness (QED) is 0.146. The van der Waals surface area contributed by atoms with Gasteiger partial charge in [-0.15, -0.1) is 0 Å². The highest BCUT2D eigenvalue weighted by Crippen LogP contribution is 2.39. The molecule has 1 aliphatic rings.